The quantitative estimate of drug-likeness (QED) is 0.551. The van der Waals surface area contributed by atoms with Crippen molar-refractivity contribution in [3.63, 3.8) is 0 Å². The van der Waals surface area contributed by atoms with E-state index in [0.717, 1.165) is 11.1 Å². The lowest BCUT2D eigenvalue weighted by atomic mass is 10.2. The highest BCUT2D eigenvalue weighted by molar-refractivity contribution is 7.89. The molecule has 6 heteroatoms. The summed E-state index contributed by atoms with van der Waals surface area (Å²) in [6, 6.07) is 23.4. The maximum atomic E-state index is 13.3. The van der Waals surface area contributed by atoms with Gasteiger partial charge in [0.25, 0.3) is 0 Å². The number of benzene rings is 3. The number of nitrogens with zero attached hydrogens (tertiary/aromatic N) is 1. The Hall–Kier alpha value is -1.85. The van der Waals surface area contributed by atoms with E-state index in [1.54, 1.807) is 6.07 Å². The number of halogens is 2. The monoisotopic (exact) mass is 405 g/mol. The molecule has 3 nitrogen and oxygen atoms in total. The minimum atomic E-state index is -3.83. The van der Waals surface area contributed by atoms with Crippen molar-refractivity contribution < 1.29 is 8.42 Å². The highest BCUT2D eigenvalue weighted by Gasteiger charge is 2.27. The van der Waals surface area contributed by atoms with Gasteiger partial charge in [0.1, 0.15) is 4.90 Å². The van der Waals surface area contributed by atoms with Crippen LogP contribution >= 0.6 is 23.2 Å². The first-order valence-electron chi connectivity index (χ1n) is 8.00. The number of hydrogen-bond acceptors (Lipinski definition) is 2. The lowest BCUT2D eigenvalue weighted by Gasteiger charge is -2.23. The molecule has 26 heavy (non-hydrogen) atoms. The second-order valence-corrected chi connectivity index (χ2v) is 8.57. The van der Waals surface area contributed by atoms with Crippen LogP contribution in [-0.2, 0) is 23.1 Å². The van der Waals surface area contributed by atoms with Crippen LogP contribution in [0.2, 0.25) is 10.0 Å². The summed E-state index contributed by atoms with van der Waals surface area (Å²) in [6.07, 6.45) is 0. The van der Waals surface area contributed by atoms with Gasteiger partial charge in [0.2, 0.25) is 10.0 Å². The topological polar surface area (TPSA) is 37.4 Å². The third kappa shape index (κ3) is 4.46. The summed E-state index contributed by atoms with van der Waals surface area (Å²) in [6.45, 7) is 0.474. The molecule has 0 N–H and O–H groups in total. The summed E-state index contributed by atoms with van der Waals surface area (Å²) in [5.74, 6) is 0. The number of hydrogen-bond donors (Lipinski definition) is 0. The normalized spacial score (nSPS) is 11.7. The zero-order valence-electron chi connectivity index (χ0n) is 13.8. The molecule has 0 aliphatic carbocycles. The second-order valence-electron chi connectivity index (χ2n) is 5.82. The summed E-state index contributed by atoms with van der Waals surface area (Å²) in [4.78, 5) is 0.0125. The number of rotatable bonds is 6. The molecule has 0 aromatic heterocycles. The summed E-state index contributed by atoms with van der Waals surface area (Å²) in [5, 5.41) is 0.480. The molecule has 3 rings (SSSR count). The van der Waals surface area contributed by atoms with Gasteiger partial charge in [-0.3, -0.25) is 0 Å². The molecule has 0 atom stereocenters. The zero-order chi connectivity index (χ0) is 18.6. The molecule has 3 aromatic carbocycles. The van der Waals surface area contributed by atoms with Gasteiger partial charge in [-0.25, -0.2) is 8.42 Å². The Kier molecular flexibility index (Phi) is 5.99. The Balaban J connectivity index is 2.02. The fourth-order valence-electron chi connectivity index (χ4n) is 2.61. The van der Waals surface area contributed by atoms with Gasteiger partial charge in [-0.2, -0.15) is 4.31 Å². The van der Waals surface area contributed by atoms with Crippen molar-refractivity contribution >= 4 is 33.2 Å². The fourth-order valence-corrected chi connectivity index (χ4v) is 4.77. The van der Waals surface area contributed by atoms with Crippen molar-refractivity contribution in [1.29, 1.82) is 0 Å². The van der Waals surface area contributed by atoms with Gasteiger partial charge in [0, 0.05) is 18.1 Å². The first-order valence-corrected chi connectivity index (χ1v) is 10.2. The van der Waals surface area contributed by atoms with E-state index in [0.29, 0.717) is 5.02 Å². The zero-order valence-corrected chi connectivity index (χ0v) is 16.2. The molecule has 0 saturated carbocycles. The van der Waals surface area contributed by atoms with Gasteiger partial charge in [0.05, 0.1) is 5.02 Å². The van der Waals surface area contributed by atoms with E-state index in [1.807, 2.05) is 60.7 Å². The predicted octanol–water partition coefficient (Wildman–Crippen LogP) is 5.38. The van der Waals surface area contributed by atoms with Gasteiger partial charge in [-0.1, -0.05) is 83.9 Å². The van der Waals surface area contributed by atoms with Crippen molar-refractivity contribution in [3.8, 4) is 0 Å². The summed E-state index contributed by atoms with van der Waals surface area (Å²) in [5.41, 5.74) is 1.79. The van der Waals surface area contributed by atoms with E-state index < -0.39 is 10.0 Å². The van der Waals surface area contributed by atoms with Crippen LogP contribution in [0.15, 0.2) is 83.8 Å². The van der Waals surface area contributed by atoms with Crippen LogP contribution in [0, 0.1) is 0 Å². The van der Waals surface area contributed by atoms with Crippen LogP contribution in [0.4, 0.5) is 0 Å². The molecule has 0 fully saturated rings. The maximum Gasteiger partial charge on any atom is 0.245 e. The molecular formula is C20H17Cl2NO2S. The molecule has 134 valence electrons. The predicted molar refractivity (Wildman–Crippen MR) is 106 cm³/mol. The van der Waals surface area contributed by atoms with Crippen molar-refractivity contribution in [2.45, 2.75) is 18.0 Å². The lowest BCUT2D eigenvalue weighted by molar-refractivity contribution is 0.401. The molecule has 0 aliphatic rings. The van der Waals surface area contributed by atoms with Crippen LogP contribution in [0.3, 0.4) is 0 Å². The largest absolute Gasteiger partial charge is 0.245 e. The van der Waals surface area contributed by atoms with Crippen LogP contribution in [-0.4, -0.2) is 12.7 Å². The highest BCUT2D eigenvalue weighted by atomic mass is 35.5. The molecule has 0 aliphatic heterocycles. The van der Waals surface area contributed by atoms with Crippen LogP contribution < -0.4 is 0 Å². The minimum absolute atomic E-state index is 0.0125. The van der Waals surface area contributed by atoms with Gasteiger partial charge in [-0.15, -0.1) is 0 Å². The average Bonchev–Trinajstić information content (AvgIpc) is 2.65. The molecule has 3 aromatic rings. The Labute approximate surface area is 163 Å². The standard InChI is InChI=1S/C20H17Cl2NO2S/c21-18-11-12-19(22)20(13-18)26(24,25)23(14-16-7-3-1-4-8-16)15-17-9-5-2-6-10-17/h1-13H,14-15H2. The third-order valence-electron chi connectivity index (χ3n) is 3.91. The molecule has 0 heterocycles. The second kappa shape index (κ2) is 8.23. The molecule has 0 bridgehead atoms. The van der Waals surface area contributed by atoms with Gasteiger partial charge >= 0.3 is 0 Å². The van der Waals surface area contributed by atoms with E-state index in [9.17, 15) is 8.42 Å². The summed E-state index contributed by atoms with van der Waals surface area (Å²) >= 11 is 12.2. The Morgan fingerprint density at radius 3 is 1.73 bits per heavy atom. The Bertz CT molecular complexity index is 936. The highest BCUT2D eigenvalue weighted by Crippen LogP contribution is 2.29. The Morgan fingerprint density at radius 1 is 0.731 bits per heavy atom. The van der Waals surface area contributed by atoms with Crippen LogP contribution in [0.25, 0.3) is 0 Å². The molecule has 0 spiro atoms. The van der Waals surface area contributed by atoms with Crippen molar-refractivity contribution in [1.82, 2.24) is 4.31 Å². The van der Waals surface area contributed by atoms with E-state index in [-0.39, 0.29) is 23.0 Å². The SMILES string of the molecule is O=S(=O)(c1cc(Cl)ccc1Cl)N(Cc1ccccc1)Cc1ccccc1. The van der Waals surface area contributed by atoms with Crippen molar-refractivity contribution in [3.05, 3.63) is 100 Å². The average molecular weight is 406 g/mol. The molecule has 0 unspecified atom stereocenters. The Morgan fingerprint density at radius 2 is 1.23 bits per heavy atom. The lowest BCUT2D eigenvalue weighted by Crippen LogP contribution is -2.30. The summed E-state index contributed by atoms with van der Waals surface area (Å²) in [7, 11) is -3.83. The number of sulfonamides is 1. The first kappa shape index (κ1) is 18.9. The molecule has 0 radical (unpaired) electrons. The van der Waals surface area contributed by atoms with Crippen LogP contribution in [0.5, 0.6) is 0 Å². The molecular weight excluding hydrogens is 389 g/mol. The van der Waals surface area contributed by atoms with Crippen molar-refractivity contribution in [2.75, 3.05) is 0 Å². The minimum Gasteiger partial charge on any atom is -0.207 e. The molecule has 0 saturated heterocycles. The van der Waals surface area contributed by atoms with E-state index >= 15 is 0 Å². The summed E-state index contributed by atoms with van der Waals surface area (Å²) < 4.78 is 28.0. The smallest absolute Gasteiger partial charge is 0.207 e. The first-order chi connectivity index (χ1) is 12.5. The maximum absolute atomic E-state index is 13.3. The third-order valence-corrected chi connectivity index (χ3v) is 6.42. The van der Waals surface area contributed by atoms with E-state index in [2.05, 4.69) is 0 Å². The van der Waals surface area contributed by atoms with Gasteiger partial charge in [0.15, 0.2) is 0 Å². The van der Waals surface area contributed by atoms with E-state index in [4.69, 9.17) is 23.2 Å². The fraction of sp³-hybridized carbons (Fsp3) is 0.100. The van der Waals surface area contributed by atoms with Crippen LogP contribution in [0.1, 0.15) is 11.1 Å². The van der Waals surface area contributed by atoms with E-state index in [1.165, 1.54) is 16.4 Å². The molecule has 0 amide bonds. The van der Waals surface area contributed by atoms with Gasteiger partial charge < -0.3 is 0 Å². The van der Waals surface area contributed by atoms with Gasteiger partial charge in [-0.05, 0) is 29.3 Å². The van der Waals surface area contributed by atoms with Crippen molar-refractivity contribution in [2.24, 2.45) is 0 Å².